The maximum Gasteiger partial charge on any atom is 0.227 e. The van der Waals surface area contributed by atoms with Crippen LogP contribution in [0, 0.1) is 11.8 Å². The SMILES string of the molecule is O=C(CCC1CCCCC1)N1CCN(C(=O)C2CCCN(c3cnccn3)C2)CC1. The summed E-state index contributed by atoms with van der Waals surface area (Å²) in [5, 5.41) is 0. The molecule has 1 aliphatic carbocycles. The smallest absolute Gasteiger partial charge is 0.227 e. The highest BCUT2D eigenvalue weighted by Gasteiger charge is 2.32. The topological polar surface area (TPSA) is 69.6 Å². The van der Waals surface area contributed by atoms with Crippen molar-refractivity contribution >= 4 is 17.6 Å². The summed E-state index contributed by atoms with van der Waals surface area (Å²) in [6.45, 7) is 4.31. The summed E-state index contributed by atoms with van der Waals surface area (Å²) in [5.41, 5.74) is 0. The molecule has 7 heteroatoms. The third kappa shape index (κ3) is 5.29. The Kier molecular flexibility index (Phi) is 7.18. The van der Waals surface area contributed by atoms with Gasteiger partial charge >= 0.3 is 0 Å². The van der Waals surface area contributed by atoms with Crippen LogP contribution in [-0.4, -0.2) is 70.9 Å². The Bertz CT molecular complexity index is 699. The number of carbonyl (C=O) groups is 2. The van der Waals surface area contributed by atoms with Crippen molar-refractivity contribution in [2.24, 2.45) is 11.8 Å². The maximum absolute atomic E-state index is 13.1. The molecule has 3 aliphatic rings. The molecule has 4 rings (SSSR count). The predicted molar refractivity (Wildman–Crippen MR) is 116 cm³/mol. The van der Waals surface area contributed by atoms with Crippen molar-refractivity contribution in [1.82, 2.24) is 19.8 Å². The third-order valence-corrected chi connectivity index (χ3v) is 7.08. The Morgan fingerprint density at radius 1 is 0.900 bits per heavy atom. The minimum atomic E-state index is 0.00862. The van der Waals surface area contributed by atoms with Gasteiger partial charge in [0.25, 0.3) is 0 Å². The summed E-state index contributed by atoms with van der Waals surface area (Å²) in [5.74, 6) is 2.11. The van der Waals surface area contributed by atoms with Crippen LogP contribution in [0.4, 0.5) is 5.82 Å². The molecule has 2 aliphatic heterocycles. The molecule has 0 N–H and O–H groups in total. The van der Waals surface area contributed by atoms with Crippen LogP contribution in [0.15, 0.2) is 18.6 Å². The number of aromatic nitrogens is 2. The molecule has 1 aromatic rings. The second-order valence-corrected chi connectivity index (χ2v) is 9.10. The number of carbonyl (C=O) groups excluding carboxylic acids is 2. The number of piperazine rings is 1. The lowest BCUT2D eigenvalue weighted by Crippen LogP contribution is -2.53. The van der Waals surface area contributed by atoms with Crippen LogP contribution in [0.5, 0.6) is 0 Å². The van der Waals surface area contributed by atoms with Gasteiger partial charge in [-0.2, -0.15) is 0 Å². The summed E-state index contributed by atoms with van der Waals surface area (Å²) in [7, 11) is 0. The third-order valence-electron chi connectivity index (χ3n) is 7.08. The largest absolute Gasteiger partial charge is 0.355 e. The van der Waals surface area contributed by atoms with Crippen molar-refractivity contribution in [3.8, 4) is 0 Å². The number of hydrogen-bond donors (Lipinski definition) is 0. The van der Waals surface area contributed by atoms with Crippen molar-refractivity contribution in [1.29, 1.82) is 0 Å². The molecule has 3 heterocycles. The molecule has 2 amide bonds. The Morgan fingerprint density at radius 2 is 1.67 bits per heavy atom. The van der Waals surface area contributed by atoms with Gasteiger partial charge in [0.15, 0.2) is 0 Å². The fourth-order valence-corrected chi connectivity index (χ4v) is 5.24. The van der Waals surface area contributed by atoms with Gasteiger partial charge in [0.2, 0.25) is 11.8 Å². The second kappa shape index (κ2) is 10.2. The van der Waals surface area contributed by atoms with Crippen LogP contribution in [0.1, 0.15) is 57.8 Å². The minimum Gasteiger partial charge on any atom is -0.355 e. The minimum absolute atomic E-state index is 0.00862. The van der Waals surface area contributed by atoms with E-state index in [1.165, 1.54) is 32.1 Å². The summed E-state index contributed by atoms with van der Waals surface area (Å²) >= 11 is 0. The predicted octanol–water partition coefficient (Wildman–Crippen LogP) is 2.72. The normalized spacial score (nSPS) is 23.5. The van der Waals surface area contributed by atoms with Gasteiger partial charge in [-0.3, -0.25) is 14.6 Å². The van der Waals surface area contributed by atoms with E-state index in [1.807, 2.05) is 9.80 Å². The molecule has 0 aromatic carbocycles. The quantitative estimate of drug-likeness (QED) is 0.742. The first-order chi connectivity index (χ1) is 14.7. The first kappa shape index (κ1) is 21.1. The first-order valence-corrected chi connectivity index (χ1v) is 11.8. The zero-order chi connectivity index (χ0) is 20.8. The summed E-state index contributed by atoms with van der Waals surface area (Å²) in [4.78, 5) is 40.4. The zero-order valence-electron chi connectivity index (χ0n) is 18.0. The number of amides is 2. The van der Waals surface area contributed by atoms with Gasteiger partial charge in [-0.1, -0.05) is 32.1 Å². The summed E-state index contributed by atoms with van der Waals surface area (Å²) in [6, 6.07) is 0. The Labute approximate surface area is 179 Å². The van der Waals surface area contributed by atoms with E-state index in [2.05, 4.69) is 14.9 Å². The molecule has 0 bridgehead atoms. The van der Waals surface area contributed by atoms with E-state index >= 15 is 0 Å². The van der Waals surface area contributed by atoms with Crippen molar-refractivity contribution in [2.75, 3.05) is 44.2 Å². The Hall–Kier alpha value is -2.18. The zero-order valence-corrected chi connectivity index (χ0v) is 18.0. The Morgan fingerprint density at radius 3 is 2.40 bits per heavy atom. The molecule has 1 aromatic heterocycles. The van der Waals surface area contributed by atoms with E-state index in [4.69, 9.17) is 0 Å². The second-order valence-electron chi connectivity index (χ2n) is 9.10. The van der Waals surface area contributed by atoms with Crippen LogP contribution in [0.2, 0.25) is 0 Å². The van der Waals surface area contributed by atoms with Crippen molar-refractivity contribution in [2.45, 2.75) is 57.8 Å². The Balaban J connectivity index is 1.22. The van der Waals surface area contributed by atoms with Gasteiger partial charge < -0.3 is 14.7 Å². The molecule has 3 fully saturated rings. The average Bonchev–Trinajstić information content (AvgIpc) is 2.83. The van der Waals surface area contributed by atoms with Gasteiger partial charge in [0.05, 0.1) is 12.1 Å². The van der Waals surface area contributed by atoms with E-state index in [1.54, 1.807) is 18.6 Å². The lowest BCUT2D eigenvalue weighted by Gasteiger charge is -2.39. The summed E-state index contributed by atoms with van der Waals surface area (Å²) in [6.07, 6.45) is 15.4. The van der Waals surface area contributed by atoms with Crippen LogP contribution >= 0.6 is 0 Å². The van der Waals surface area contributed by atoms with Gasteiger partial charge in [0.1, 0.15) is 5.82 Å². The highest BCUT2D eigenvalue weighted by Crippen LogP contribution is 2.28. The molecule has 1 atom stereocenters. The molecule has 7 nitrogen and oxygen atoms in total. The number of nitrogens with zero attached hydrogens (tertiary/aromatic N) is 5. The molecule has 2 saturated heterocycles. The van der Waals surface area contributed by atoms with Crippen molar-refractivity contribution in [3.05, 3.63) is 18.6 Å². The van der Waals surface area contributed by atoms with Crippen LogP contribution in [0.3, 0.4) is 0 Å². The van der Waals surface area contributed by atoms with Gasteiger partial charge in [-0.05, 0) is 25.2 Å². The van der Waals surface area contributed by atoms with Crippen LogP contribution < -0.4 is 4.90 Å². The van der Waals surface area contributed by atoms with Crippen molar-refractivity contribution < 1.29 is 9.59 Å². The number of rotatable bonds is 5. The summed E-state index contributed by atoms with van der Waals surface area (Å²) < 4.78 is 0. The lowest BCUT2D eigenvalue weighted by atomic mass is 9.86. The van der Waals surface area contributed by atoms with E-state index < -0.39 is 0 Å². The highest BCUT2D eigenvalue weighted by molar-refractivity contribution is 5.81. The monoisotopic (exact) mass is 413 g/mol. The van der Waals surface area contributed by atoms with E-state index in [9.17, 15) is 9.59 Å². The van der Waals surface area contributed by atoms with Crippen LogP contribution in [-0.2, 0) is 9.59 Å². The first-order valence-electron chi connectivity index (χ1n) is 11.8. The molecule has 1 saturated carbocycles. The lowest BCUT2D eigenvalue weighted by molar-refractivity contribution is -0.142. The molecule has 164 valence electrons. The molecule has 0 spiro atoms. The molecular formula is C23H35N5O2. The van der Waals surface area contributed by atoms with E-state index in [-0.39, 0.29) is 17.7 Å². The highest BCUT2D eigenvalue weighted by atomic mass is 16.2. The fraction of sp³-hybridized carbons (Fsp3) is 0.739. The van der Waals surface area contributed by atoms with E-state index in [0.29, 0.717) is 39.1 Å². The van der Waals surface area contributed by atoms with Gasteiger partial charge in [0, 0.05) is 58.1 Å². The fourth-order valence-electron chi connectivity index (χ4n) is 5.24. The van der Waals surface area contributed by atoms with Crippen LogP contribution in [0.25, 0.3) is 0 Å². The molecule has 1 unspecified atom stereocenters. The van der Waals surface area contributed by atoms with Gasteiger partial charge in [-0.25, -0.2) is 4.98 Å². The number of anilines is 1. The van der Waals surface area contributed by atoms with E-state index in [0.717, 1.165) is 37.5 Å². The number of hydrogen-bond acceptors (Lipinski definition) is 5. The molecule has 0 radical (unpaired) electrons. The number of piperidine rings is 1. The maximum atomic E-state index is 13.1. The molecule has 30 heavy (non-hydrogen) atoms. The van der Waals surface area contributed by atoms with Crippen molar-refractivity contribution in [3.63, 3.8) is 0 Å². The molecular weight excluding hydrogens is 378 g/mol. The standard InChI is InChI=1S/C23H35N5O2/c29-22(9-8-19-5-2-1-3-6-19)26-13-15-27(16-14-26)23(30)20-7-4-12-28(18-20)21-17-24-10-11-25-21/h10-11,17,19-20H,1-9,12-16,18H2. The average molecular weight is 414 g/mol. The van der Waals surface area contributed by atoms with Gasteiger partial charge in [-0.15, -0.1) is 0 Å².